The smallest absolute Gasteiger partial charge is 0.297 e. The fraction of sp³-hybridized carbons (Fsp3) is 0.350. The summed E-state index contributed by atoms with van der Waals surface area (Å²) in [5, 5.41) is 8.98. The van der Waals surface area contributed by atoms with Gasteiger partial charge in [0.15, 0.2) is 11.9 Å². The molecule has 1 aliphatic heterocycles. The first-order chi connectivity index (χ1) is 12.8. The lowest BCUT2D eigenvalue weighted by molar-refractivity contribution is 0.140. The number of nitriles is 1. The molecule has 0 saturated carbocycles. The van der Waals surface area contributed by atoms with Gasteiger partial charge in [-0.25, -0.2) is 4.98 Å². The normalized spacial score (nSPS) is 16.0. The van der Waals surface area contributed by atoms with E-state index in [9.17, 15) is 4.39 Å². The monoisotopic (exact) mass is 366 g/mol. The van der Waals surface area contributed by atoms with Gasteiger partial charge in [0.1, 0.15) is 6.61 Å². The highest BCUT2D eigenvalue weighted by Crippen LogP contribution is 2.29. The van der Waals surface area contributed by atoms with Crippen LogP contribution in [0.25, 0.3) is 11.0 Å². The van der Waals surface area contributed by atoms with Gasteiger partial charge in [0, 0.05) is 11.1 Å². The van der Waals surface area contributed by atoms with E-state index < -0.39 is 5.95 Å². The summed E-state index contributed by atoms with van der Waals surface area (Å²) in [6, 6.07) is 11.3. The third kappa shape index (κ3) is 3.19. The highest BCUT2D eigenvalue weighted by molar-refractivity contribution is 5.78. The number of nitrogens with zero attached hydrogens (tertiary/aromatic N) is 4. The fourth-order valence-corrected chi connectivity index (χ4v) is 3.05. The molecule has 0 unspecified atom stereocenters. The van der Waals surface area contributed by atoms with Gasteiger partial charge in [0.25, 0.3) is 12.0 Å². The maximum absolute atomic E-state index is 14.2. The predicted octanol–water partition coefficient (Wildman–Crippen LogP) is 3.58. The molecule has 1 aromatic carbocycles. The minimum absolute atomic E-state index is 0.111. The van der Waals surface area contributed by atoms with Gasteiger partial charge < -0.3 is 9.47 Å². The molecule has 3 aromatic rings. The topological polar surface area (TPSA) is 73.0 Å². The average Bonchev–Trinajstić information content (AvgIpc) is 3.16. The molecule has 7 heteroatoms. The zero-order valence-electron chi connectivity index (χ0n) is 15.4. The van der Waals surface area contributed by atoms with E-state index in [1.165, 1.54) is 0 Å². The summed E-state index contributed by atoms with van der Waals surface area (Å²) in [5.74, 6) is -0.507. The summed E-state index contributed by atoms with van der Waals surface area (Å²) in [5.41, 5.74) is 2.62. The molecular weight excluding hydrogens is 347 g/mol. The van der Waals surface area contributed by atoms with Gasteiger partial charge in [-0.05, 0) is 30.3 Å². The number of aromatic nitrogens is 3. The third-order valence-electron chi connectivity index (χ3n) is 4.51. The first-order valence-corrected chi connectivity index (χ1v) is 8.72. The summed E-state index contributed by atoms with van der Waals surface area (Å²) in [7, 11) is 0. The Bertz CT molecular complexity index is 1060. The van der Waals surface area contributed by atoms with Crippen LogP contribution in [-0.4, -0.2) is 27.2 Å². The van der Waals surface area contributed by atoms with Crippen molar-refractivity contribution in [3.8, 4) is 17.8 Å². The Morgan fingerprint density at radius 1 is 1.30 bits per heavy atom. The summed E-state index contributed by atoms with van der Waals surface area (Å²) >= 11 is 0. The lowest BCUT2D eigenvalue weighted by Gasteiger charge is -2.18. The van der Waals surface area contributed by atoms with E-state index in [0.29, 0.717) is 23.8 Å². The Labute approximate surface area is 156 Å². The van der Waals surface area contributed by atoms with Gasteiger partial charge in [-0.3, -0.25) is 4.57 Å². The first-order valence-electron chi connectivity index (χ1n) is 8.72. The Hall–Kier alpha value is -3.14. The molecule has 27 heavy (non-hydrogen) atoms. The van der Waals surface area contributed by atoms with Crippen molar-refractivity contribution >= 4 is 11.0 Å². The van der Waals surface area contributed by atoms with Crippen molar-refractivity contribution in [2.75, 3.05) is 6.61 Å². The molecule has 2 aromatic heterocycles. The molecule has 4 rings (SSSR count). The molecular formula is C20H19FN4O2. The van der Waals surface area contributed by atoms with Crippen LogP contribution < -0.4 is 9.47 Å². The minimum atomic E-state index is -0.618. The standard InChI is InChI=1S/C20H19FN4O2/c1-20(2,3)17-7-6-16(18(21)24-17)26-11-13-10-25-15-5-4-12(9-22)8-14(15)23-19(25)27-13/h4-8,13H,10-11H2,1-3H3/t13-/m0/s1. The molecule has 0 N–H and O–H groups in total. The van der Waals surface area contributed by atoms with Crippen molar-refractivity contribution in [3.63, 3.8) is 0 Å². The van der Waals surface area contributed by atoms with Crippen LogP contribution in [0.2, 0.25) is 0 Å². The number of ether oxygens (including phenoxy) is 2. The maximum atomic E-state index is 14.2. The molecule has 6 nitrogen and oxygen atoms in total. The number of rotatable bonds is 3. The van der Waals surface area contributed by atoms with Crippen LogP contribution >= 0.6 is 0 Å². The maximum Gasteiger partial charge on any atom is 0.297 e. The molecule has 0 bridgehead atoms. The van der Waals surface area contributed by atoms with E-state index in [0.717, 1.165) is 11.0 Å². The van der Waals surface area contributed by atoms with Crippen LogP contribution in [0.3, 0.4) is 0 Å². The highest BCUT2D eigenvalue weighted by Gasteiger charge is 2.27. The predicted molar refractivity (Wildman–Crippen MR) is 97.3 cm³/mol. The van der Waals surface area contributed by atoms with E-state index in [1.807, 2.05) is 31.4 Å². The summed E-state index contributed by atoms with van der Waals surface area (Å²) < 4.78 is 27.5. The summed E-state index contributed by atoms with van der Waals surface area (Å²) in [4.78, 5) is 8.41. The molecule has 0 radical (unpaired) electrons. The van der Waals surface area contributed by atoms with Crippen molar-refractivity contribution in [1.29, 1.82) is 5.26 Å². The van der Waals surface area contributed by atoms with Crippen LogP contribution in [0.4, 0.5) is 4.39 Å². The number of benzene rings is 1. The second-order valence-electron chi connectivity index (χ2n) is 7.61. The van der Waals surface area contributed by atoms with Gasteiger partial charge in [0.2, 0.25) is 0 Å². The molecule has 1 aliphatic rings. The number of imidazole rings is 1. The SMILES string of the molecule is CC(C)(C)c1ccc(OC[C@@H]2Cn3c(nc4cc(C#N)ccc43)O2)c(F)n1. The van der Waals surface area contributed by atoms with E-state index in [2.05, 4.69) is 16.0 Å². The number of halogens is 1. The Morgan fingerprint density at radius 3 is 2.81 bits per heavy atom. The zero-order valence-corrected chi connectivity index (χ0v) is 15.4. The van der Waals surface area contributed by atoms with Gasteiger partial charge in [-0.2, -0.15) is 14.6 Å². The summed E-state index contributed by atoms with van der Waals surface area (Å²) in [6.45, 7) is 6.68. The highest BCUT2D eigenvalue weighted by atomic mass is 19.1. The number of fused-ring (bicyclic) bond motifs is 3. The Kier molecular flexibility index (Phi) is 3.99. The fourth-order valence-electron chi connectivity index (χ4n) is 3.05. The van der Waals surface area contributed by atoms with Crippen molar-refractivity contribution in [1.82, 2.24) is 14.5 Å². The van der Waals surface area contributed by atoms with Crippen molar-refractivity contribution in [2.24, 2.45) is 0 Å². The van der Waals surface area contributed by atoms with Crippen LogP contribution in [0.15, 0.2) is 30.3 Å². The van der Waals surface area contributed by atoms with Gasteiger partial charge in [0.05, 0.1) is 29.2 Å². The molecule has 0 aliphatic carbocycles. The lowest BCUT2D eigenvalue weighted by atomic mass is 9.92. The first kappa shape index (κ1) is 17.3. The van der Waals surface area contributed by atoms with Gasteiger partial charge in [-0.15, -0.1) is 0 Å². The van der Waals surface area contributed by atoms with Crippen LogP contribution in [0.1, 0.15) is 32.0 Å². The summed E-state index contributed by atoms with van der Waals surface area (Å²) in [6.07, 6.45) is -0.269. The second-order valence-corrected chi connectivity index (χ2v) is 7.61. The molecule has 138 valence electrons. The van der Waals surface area contributed by atoms with E-state index in [1.54, 1.807) is 24.3 Å². The number of hydrogen-bond donors (Lipinski definition) is 0. The second kappa shape index (κ2) is 6.23. The molecule has 1 atom stereocenters. The zero-order chi connectivity index (χ0) is 19.2. The van der Waals surface area contributed by atoms with Crippen molar-refractivity contribution in [3.05, 3.63) is 47.5 Å². The van der Waals surface area contributed by atoms with Gasteiger partial charge >= 0.3 is 0 Å². The van der Waals surface area contributed by atoms with Crippen molar-refractivity contribution in [2.45, 2.75) is 38.8 Å². The van der Waals surface area contributed by atoms with Crippen LogP contribution in [0.5, 0.6) is 11.8 Å². The molecule has 3 heterocycles. The molecule has 0 spiro atoms. The minimum Gasteiger partial charge on any atom is -0.485 e. The lowest BCUT2D eigenvalue weighted by Crippen LogP contribution is -2.24. The third-order valence-corrected chi connectivity index (χ3v) is 4.51. The van der Waals surface area contributed by atoms with E-state index in [4.69, 9.17) is 14.7 Å². The van der Waals surface area contributed by atoms with Crippen LogP contribution in [-0.2, 0) is 12.0 Å². The molecule has 0 saturated heterocycles. The molecule has 0 amide bonds. The van der Waals surface area contributed by atoms with Crippen LogP contribution in [0, 0.1) is 17.3 Å². The quantitative estimate of drug-likeness (QED) is 0.663. The Morgan fingerprint density at radius 2 is 2.11 bits per heavy atom. The Balaban J connectivity index is 1.45. The van der Waals surface area contributed by atoms with E-state index >= 15 is 0 Å². The largest absolute Gasteiger partial charge is 0.485 e. The van der Waals surface area contributed by atoms with E-state index in [-0.39, 0.29) is 23.9 Å². The van der Waals surface area contributed by atoms with Gasteiger partial charge in [-0.1, -0.05) is 20.8 Å². The van der Waals surface area contributed by atoms with Crippen molar-refractivity contribution < 1.29 is 13.9 Å². The number of hydrogen-bond acceptors (Lipinski definition) is 5. The number of pyridine rings is 1. The molecule has 0 fully saturated rings. The average molecular weight is 366 g/mol.